The summed E-state index contributed by atoms with van der Waals surface area (Å²) in [4.78, 5) is 63.6. The zero-order valence-corrected chi connectivity index (χ0v) is 28.7. The maximum absolute atomic E-state index is 13.9. The summed E-state index contributed by atoms with van der Waals surface area (Å²) in [6.07, 6.45) is 3.71. The van der Waals surface area contributed by atoms with E-state index < -0.39 is 31.5 Å². The quantitative estimate of drug-likeness (QED) is 0.0461. The number of aryl methyl sites for hydroxylation is 1. The van der Waals surface area contributed by atoms with Crippen molar-refractivity contribution in [2.24, 2.45) is 5.92 Å². The number of aromatic nitrogens is 1. The van der Waals surface area contributed by atoms with Crippen molar-refractivity contribution in [3.63, 3.8) is 0 Å². The Morgan fingerprint density at radius 1 is 1.16 bits per heavy atom. The maximum atomic E-state index is 13.9. The molecule has 1 aliphatic rings. The second-order valence-corrected chi connectivity index (χ2v) is 13.4. The molecule has 0 aliphatic carbocycles. The molecule has 3 aromatic rings. The molecule has 15 heteroatoms. The number of nitrogens with one attached hydrogen (secondary N) is 4. The topological polar surface area (TPSA) is 194 Å². The Morgan fingerprint density at radius 2 is 1.94 bits per heavy atom. The largest absolute Gasteiger partial charge is 0.469 e. The number of carbonyl (C=O) groups is 3. The smallest absolute Gasteiger partial charge is 0.396 e. The van der Waals surface area contributed by atoms with E-state index in [4.69, 9.17) is 16.4 Å². The summed E-state index contributed by atoms with van der Waals surface area (Å²) in [5.74, 6) is -2.04. The third kappa shape index (κ3) is 10.7. The molecule has 2 unspecified atom stereocenters. The molecular formula is C35H41FN5O8P. The first-order valence-electron chi connectivity index (χ1n) is 16.1. The molecule has 0 bridgehead atoms. The number of phosphoric ester groups is 1. The fourth-order valence-electron chi connectivity index (χ4n) is 5.81. The van der Waals surface area contributed by atoms with Gasteiger partial charge in [-0.3, -0.25) is 18.9 Å². The molecule has 1 aromatic heterocycles. The highest BCUT2D eigenvalue weighted by molar-refractivity contribution is 7.46. The Kier molecular flexibility index (Phi) is 13.2. The highest BCUT2D eigenvalue weighted by Crippen LogP contribution is 2.37. The van der Waals surface area contributed by atoms with E-state index in [0.29, 0.717) is 59.5 Å². The van der Waals surface area contributed by atoms with Crippen molar-refractivity contribution in [1.29, 1.82) is 0 Å². The van der Waals surface area contributed by atoms with Gasteiger partial charge in [0, 0.05) is 54.5 Å². The Hall–Kier alpha value is -4.64. The maximum Gasteiger partial charge on any atom is 0.469 e. The van der Waals surface area contributed by atoms with E-state index in [-0.39, 0.29) is 44.4 Å². The molecule has 2 atom stereocenters. The van der Waals surface area contributed by atoms with Crippen LogP contribution in [0.25, 0.3) is 16.5 Å². The Morgan fingerprint density at radius 3 is 2.66 bits per heavy atom. The number of fused-ring (bicyclic) bond motifs is 1. The van der Waals surface area contributed by atoms with E-state index in [1.54, 1.807) is 30.3 Å². The molecule has 266 valence electrons. The summed E-state index contributed by atoms with van der Waals surface area (Å²) in [5.41, 5.74) is 5.61. The molecule has 2 heterocycles. The summed E-state index contributed by atoms with van der Waals surface area (Å²) < 4.78 is 29.3. The zero-order chi connectivity index (χ0) is 36.4. The predicted molar refractivity (Wildman–Crippen MR) is 185 cm³/mol. The summed E-state index contributed by atoms with van der Waals surface area (Å²) in [7, 11) is -4.64. The number of hydrogen-bond donors (Lipinski definition) is 7. The number of carbonyl (C=O) groups excluding carboxylic acids is 3. The van der Waals surface area contributed by atoms with Crippen LogP contribution < -0.4 is 16.0 Å². The van der Waals surface area contributed by atoms with Crippen molar-refractivity contribution < 1.29 is 42.8 Å². The van der Waals surface area contributed by atoms with Gasteiger partial charge in [0.2, 0.25) is 11.8 Å². The van der Waals surface area contributed by atoms with Gasteiger partial charge in [-0.05, 0) is 68.5 Å². The molecule has 13 nitrogen and oxygen atoms in total. The van der Waals surface area contributed by atoms with E-state index in [9.17, 15) is 28.4 Å². The van der Waals surface area contributed by atoms with Crippen LogP contribution in [0.2, 0.25) is 0 Å². The van der Waals surface area contributed by atoms with Crippen LogP contribution in [0.5, 0.6) is 0 Å². The molecule has 50 heavy (non-hydrogen) atoms. The van der Waals surface area contributed by atoms with E-state index in [1.165, 1.54) is 18.2 Å². The molecule has 7 N–H and O–H groups in total. The van der Waals surface area contributed by atoms with Crippen LogP contribution in [-0.4, -0.2) is 63.4 Å². The Balaban J connectivity index is 1.38. The summed E-state index contributed by atoms with van der Waals surface area (Å²) in [5, 5.41) is 17.9. The fraction of sp³-hybridized carbons (Fsp3) is 0.371. The summed E-state index contributed by atoms with van der Waals surface area (Å²) in [6.45, 7) is 10.7. The van der Waals surface area contributed by atoms with Gasteiger partial charge in [0.1, 0.15) is 11.9 Å². The number of unbranched alkanes of at least 4 members (excludes halogenated alkanes) is 1. The first-order valence-corrected chi connectivity index (χ1v) is 17.7. The fourth-order valence-corrected chi connectivity index (χ4v) is 6.21. The van der Waals surface area contributed by atoms with Gasteiger partial charge in [-0.1, -0.05) is 36.2 Å². The SMILES string of the molecule is [C-]#[N+]c1cccc(CC(NC(=O)CCc2c(C)[nH]c(/C=C3\C(=O)Nc4ccc(F)cc43)c2C)C(=O)NCCCCC(CO)COP(=O)(O)O)c1. The average Bonchev–Trinajstić information content (AvgIpc) is 3.52. The van der Waals surface area contributed by atoms with Crippen LogP contribution >= 0.6 is 7.82 Å². The van der Waals surface area contributed by atoms with Crippen LogP contribution in [0, 0.1) is 32.2 Å². The second-order valence-electron chi connectivity index (χ2n) is 12.2. The highest BCUT2D eigenvalue weighted by Gasteiger charge is 2.26. The van der Waals surface area contributed by atoms with Crippen molar-refractivity contribution in [3.05, 3.63) is 93.3 Å². The number of phosphoric acid groups is 1. The molecule has 3 amide bonds. The number of halogens is 1. The lowest BCUT2D eigenvalue weighted by Gasteiger charge is -2.19. The number of nitrogens with zero attached hydrogens (tertiary/aromatic N) is 1. The Labute approximate surface area is 289 Å². The van der Waals surface area contributed by atoms with Gasteiger partial charge in [-0.25, -0.2) is 13.8 Å². The lowest BCUT2D eigenvalue weighted by atomic mass is 10.0. The number of hydrogen-bond acceptors (Lipinski definition) is 6. The number of H-pyrrole nitrogens is 1. The van der Waals surface area contributed by atoms with Crippen molar-refractivity contribution >= 4 is 48.6 Å². The van der Waals surface area contributed by atoms with E-state index >= 15 is 0 Å². The van der Waals surface area contributed by atoms with Crippen LogP contribution in [0.1, 0.15) is 59.3 Å². The van der Waals surface area contributed by atoms with E-state index in [1.807, 2.05) is 13.8 Å². The number of benzene rings is 2. The molecule has 2 aromatic carbocycles. The van der Waals surface area contributed by atoms with Gasteiger partial charge < -0.3 is 35.8 Å². The zero-order valence-electron chi connectivity index (χ0n) is 27.8. The molecular weight excluding hydrogens is 668 g/mol. The van der Waals surface area contributed by atoms with Gasteiger partial charge in [-0.2, -0.15) is 0 Å². The highest BCUT2D eigenvalue weighted by atomic mass is 31.2. The summed E-state index contributed by atoms with van der Waals surface area (Å²) >= 11 is 0. The minimum atomic E-state index is -4.64. The van der Waals surface area contributed by atoms with E-state index in [2.05, 4.69) is 30.3 Å². The standard InChI is InChI=1S/C35H41FN5O8P/c1-21-27(22(2)39-31(21)18-29-28-17-25(36)10-12-30(28)41-34(29)44)11-13-33(43)40-32(16-23-8-6-9-26(15-23)37-3)35(45)38-14-5-4-7-24(19-42)20-49-50(46,47)48/h6,8-10,12,15,17-18,24,32,39,42H,4-5,7,11,13-14,16,19-20H2,1-2H3,(H,38,45)(H,40,43)(H,41,44)(H2,46,47,48)/b29-18-. The van der Waals surface area contributed by atoms with Crippen molar-refractivity contribution in [2.75, 3.05) is 25.1 Å². The number of rotatable bonds is 17. The van der Waals surface area contributed by atoms with Crippen LogP contribution in [0.3, 0.4) is 0 Å². The van der Waals surface area contributed by atoms with Gasteiger partial charge >= 0.3 is 7.82 Å². The minimum Gasteiger partial charge on any atom is -0.396 e. The normalized spacial score (nSPS) is 14.5. The third-order valence-corrected chi connectivity index (χ3v) is 8.98. The number of aliphatic hydroxyl groups is 1. The van der Waals surface area contributed by atoms with Gasteiger partial charge in [-0.15, -0.1) is 0 Å². The number of amides is 3. The lowest BCUT2D eigenvalue weighted by molar-refractivity contribution is -0.129. The Bertz CT molecular complexity index is 1850. The molecule has 0 spiro atoms. The van der Waals surface area contributed by atoms with Crippen molar-refractivity contribution in [2.45, 2.75) is 58.4 Å². The third-order valence-electron chi connectivity index (χ3n) is 8.49. The van der Waals surface area contributed by atoms with Crippen LogP contribution in [0.4, 0.5) is 15.8 Å². The number of anilines is 1. The monoisotopic (exact) mass is 709 g/mol. The minimum absolute atomic E-state index is 0.0647. The number of aromatic amines is 1. The van der Waals surface area contributed by atoms with Crippen LogP contribution in [0.15, 0.2) is 42.5 Å². The average molecular weight is 710 g/mol. The summed E-state index contributed by atoms with van der Waals surface area (Å²) in [6, 6.07) is 9.97. The lowest BCUT2D eigenvalue weighted by Crippen LogP contribution is -2.48. The van der Waals surface area contributed by atoms with E-state index in [0.717, 1.165) is 16.8 Å². The second kappa shape index (κ2) is 17.3. The van der Waals surface area contributed by atoms with Gasteiger partial charge in [0.25, 0.3) is 5.91 Å². The molecule has 0 fully saturated rings. The molecule has 4 rings (SSSR count). The predicted octanol–water partition coefficient (Wildman–Crippen LogP) is 4.48. The van der Waals surface area contributed by atoms with Crippen LogP contribution in [-0.2, 0) is 36.3 Å². The molecule has 0 radical (unpaired) electrons. The number of aliphatic hydroxyl groups excluding tert-OH is 1. The van der Waals surface area contributed by atoms with Gasteiger partial charge in [0.05, 0.1) is 18.8 Å². The van der Waals surface area contributed by atoms with Gasteiger partial charge in [0.15, 0.2) is 5.69 Å². The first-order chi connectivity index (χ1) is 23.8. The molecule has 0 saturated carbocycles. The molecule has 1 aliphatic heterocycles. The first kappa shape index (κ1) is 38.2. The molecule has 0 saturated heterocycles. The van der Waals surface area contributed by atoms with Crippen molar-refractivity contribution in [3.8, 4) is 0 Å². The van der Waals surface area contributed by atoms with Crippen molar-refractivity contribution in [1.82, 2.24) is 15.6 Å².